The number of nitrogens with zero attached hydrogens (tertiary/aromatic N) is 4. The van der Waals surface area contributed by atoms with E-state index in [0.717, 1.165) is 63.5 Å². The summed E-state index contributed by atoms with van der Waals surface area (Å²) in [5, 5.41) is 15.5. The molecule has 1 aliphatic heterocycles. The molecule has 1 aliphatic carbocycles. The van der Waals surface area contributed by atoms with Crippen molar-refractivity contribution in [3.05, 3.63) is 17.6 Å². The summed E-state index contributed by atoms with van der Waals surface area (Å²) < 4.78 is 16.2. The molecule has 8 nitrogen and oxygen atoms in total. The van der Waals surface area contributed by atoms with Crippen LogP contribution in [0.5, 0.6) is 0 Å². The van der Waals surface area contributed by atoms with E-state index in [0.29, 0.717) is 29.8 Å². The number of ether oxygens (including phenoxy) is 1. The number of hydrogen-bond acceptors (Lipinski definition) is 8. The van der Waals surface area contributed by atoms with Crippen LogP contribution in [-0.4, -0.2) is 39.6 Å². The van der Waals surface area contributed by atoms with Crippen LogP contribution in [0.3, 0.4) is 0 Å². The largest absolute Gasteiger partial charge is 0.426 e. The van der Waals surface area contributed by atoms with E-state index in [1.807, 2.05) is 6.92 Å². The van der Waals surface area contributed by atoms with Gasteiger partial charge in [0.05, 0.1) is 0 Å². The molecule has 8 heteroatoms. The van der Waals surface area contributed by atoms with Crippen molar-refractivity contribution >= 4 is 6.01 Å². The molecule has 1 saturated heterocycles. The van der Waals surface area contributed by atoms with Crippen molar-refractivity contribution in [1.29, 1.82) is 0 Å². The molecule has 1 saturated carbocycles. The van der Waals surface area contributed by atoms with Crippen molar-refractivity contribution in [1.82, 2.24) is 20.3 Å². The Morgan fingerprint density at radius 3 is 2.79 bits per heavy atom. The first-order valence-corrected chi connectivity index (χ1v) is 8.73. The van der Waals surface area contributed by atoms with Gasteiger partial charge in [0.1, 0.15) is 0 Å². The van der Waals surface area contributed by atoms with Gasteiger partial charge < -0.3 is 19.0 Å². The molecule has 0 aromatic carbocycles. The summed E-state index contributed by atoms with van der Waals surface area (Å²) >= 11 is 0. The molecule has 0 amide bonds. The highest BCUT2D eigenvalue weighted by Crippen LogP contribution is 2.31. The van der Waals surface area contributed by atoms with E-state index in [1.54, 1.807) is 0 Å². The molecule has 2 atom stereocenters. The van der Waals surface area contributed by atoms with E-state index in [9.17, 15) is 0 Å². The lowest BCUT2D eigenvalue weighted by Crippen LogP contribution is -2.17. The fraction of sp³-hybridized carbons (Fsp3) is 0.750. The Kier molecular flexibility index (Phi) is 4.46. The van der Waals surface area contributed by atoms with Gasteiger partial charge in [0.15, 0.2) is 5.82 Å². The maximum atomic E-state index is 5.48. The first kappa shape index (κ1) is 15.6. The van der Waals surface area contributed by atoms with Crippen LogP contribution >= 0.6 is 0 Å². The fourth-order valence-electron chi connectivity index (χ4n) is 3.65. The van der Waals surface area contributed by atoms with E-state index in [-0.39, 0.29) is 0 Å². The van der Waals surface area contributed by atoms with Gasteiger partial charge in [-0.3, -0.25) is 0 Å². The minimum Gasteiger partial charge on any atom is -0.426 e. The van der Waals surface area contributed by atoms with Gasteiger partial charge >= 0.3 is 6.01 Å². The number of nitrogens with one attached hydrogen (secondary N) is 1. The SMILES string of the molecule is Cc1nnc(C[C@@H]2CC[C@H](Nc3nc(C4CCOCC4)no3)C2)o1. The molecule has 4 rings (SSSR count). The van der Waals surface area contributed by atoms with E-state index in [1.165, 1.54) is 0 Å². The molecule has 2 fully saturated rings. The van der Waals surface area contributed by atoms with Gasteiger partial charge in [0.25, 0.3) is 0 Å². The van der Waals surface area contributed by atoms with E-state index < -0.39 is 0 Å². The predicted octanol–water partition coefficient (Wildman–Crippen LogP) is 2.48. The Bertz CT molecular complexity index is 664. The molecular formula is C16H23N5O3. The maximum Gasteiger partial charge on any atom is 0.321 e. The average Bonchev–Trinajstić information content (AvgIpc) is 3.32. The van der Waals surface area contributed by atoms with Gasteiger partial charge in [-0.15, -0.1) is 10.2 Å². The van der Waals surface area contributed by atoms with Crippen LogP contribution in [-0.2, 0) is 11.2 Å². The molecule has 3 heterocycles. The highest BCUT2D eigenvalue weighted by molar-refractivity contribution is 5.22. The highest BCUT2D eigenvalue weighted by atomic mass is 16.5. The van der Waals surface area contributed by atoms with Crippen LogP contribution in [0.25, 0.3) is 0 Å². The molecular weight excluding hydrogens is 310 g/mol. The van der Waals surface area contributed by atoms with Gasteiger partial charge in [0.2, 0.25) is 11.8 Å². The van der Waals surface area contributed by atoms with Gasteiger partial charge in [-0.1, -0.05) is 5.16 Å². The molecule has 130 valence electrons. The Morgan fingerprint density at radius 1 is 1.12 bits per heavy atom. The van der Waals surface area contributed by atoms with Crippen molar-refractivity contribution in [3.63, 3.8) is 0 Å². The molecule has 0 radical (unpaired) electrons. The predicted molar refractivity (Wildman–Crippen MR) is 84.6 cm³/mol. The minimum atomic E-state index is 0.357. The van der Waals surface area contributed by atoms with Crippen LogP contribution in [0, 0.1) is 12.8 Å². The molecule has 2 aromatic rings. The quantitative estimate of drug-likeness (QED) is 0.891. The lowest BCUT2D eigenvalue weighted by molar-refractivity contribution is 0.0830. The second-order valence-corrected chi connectivity index (χ2v) is 6.78. The number of anilines is 1. The third-order valence-corrected chi connectivity index (χ3v) is 4.93. The summed E-state index contributed by atoms with van der Waals surface area (Å²) in [5.74, 6) is 3.08. The zero-order valence-corrected chi connectivity index (χ0v) is 13.9. The Morgan fingerprint density at radius 2 is 2.00 bits per heavy atom. The summed E-state index contributed by atoms with van der Waals surface area (Å²) in [7, 11) is 0. The standard InChI is InChI=1S/C16H23N5O3/c1-10-19-20-14(23-10)9-11-2-3-13(8-11)17-16-18-15(21-24-16)12-4-6-22-7-5-12/h11-13H,2-9H2,1H3,(H,17,18,21)/t11-,13+/m1/s1. The fourth-order valence-corrected chi connectivity index (χ4v) is 3.65. The van der Waals surface area contributed by atoms with E-state index >= 15 is 0 Å². The van der Waals surface area contributed by atoms with Crippen molar-refractivity contribution in [3.8, 4) is 0 Å². The van der Waals surface area contributed by atoms with E-state index in [2.05, 4.69) is 25.7 Å². The van der Waals surface area contributed by atoms with E-state index in [4.69, 9.17) is 13.7 Å². The number of rotatable bonds is 5. The highest BCUT2D eigenvalue weighted by Gasteiger charge is 2.28. The van der Waals surface area contributed by atoms with Crippen LogP contribution in [0.1, 0.15) is 55.6 Å². The van der Waals surface area contributed by atoms with Gasteiger partial charge in [-0.05, 0) is 38.0 Å². The summed E-state index contributed by atoms with van der Waals surface area (Å²) in [6.07, 6.45) is 6.06. The second-order valence-electron chi connectivity index (χ2n) is 6.78. The normalized spacial score (nSPS) is 25.2. The topological polar surface area (TPSA) is 99.1 Å². The lowest BCUT2D eigenvalue weighted by Gasteiger charge is -2.18. The van der Waals surface area contributed by atoms with Crippen molar-refractivity contribution in [2.75, 3.05) is 18.5 Å². The first-order chi connectivity index (χ1) is 11.8. The Balaban J connectivity index is 1.29. The molecule has 0 unspecified atom stereocenters. The molecule has 24 heavy (non-hydrogen) atoms. The number of aromatic nitrogens is 4. The Hall–Kier alpha value is -1.96. The zero-order chi connectivity index (χ0) is 16.4. The summed E-state index contributed by atoms with van der Waals surface area (Å²) in [6.45, 7) is 3.38. The van der Waals surface area contributed by atoms with Gasteiger partial charge in [-0.25, -0.2) is 0 Å². The monoisotopic (exact) mass is 333 g/mol. The lowest BCUT2D eigenvalue weighted by atomic mass is 10.00. The average molecular weight is 333 g/mol. The number of hydrogen-bond donors (Lipinski definition) is 1. The number of aryl methyl sites for hydroxylation is 1. The van der Waals surface area contributed by atoms with Crippen LogP contribution in [0.15, 0.2) is 8.94 Å². The maximum absolute atomic E-state index is 5.48. The summed E-state index contributed by atoms with van der Waals surface area (Å²) in [5.41, 5.74) is 0. The third kappa shape index (κ3) is 3.58. The Labute approximate surface area is 140 Å². The zero-order valence-electron chi connectivity index (χ0n) is 13.9. The van der Waals surface area contributed by atoms with Crippen molar-refractivity contribution in [2.45, 2.75) is 57.4 Å². The van der Waals surface area contributed by atoms with Crippen molar-refractivity contribution < 1.29 is 13.7 Å². The summed E-state index contributed by atoms with van der Waals surface area (Å²) in [6, 6.07) is 0.901. The van der Waals surface area contributed by atoms with Gasteiger partial charge in [-0.2, -0.15) is 4.98 Å². The molecule has 0 bridgehead atoms. The third-order valence-electron chi connectivity index (χ3n) is 4.93. The molecule has 1 N–H and O–H groups in total. The molecule has 2 aromatic heterocycles. The van der Waals surface area contributed by atoms with Crippen LogP contribution in [0.4, 0.5) is 6.01 Å². The minimum absolute atomic E-state index is 0.357. The van der Waals surface area contributed by atoms with Crippen LogP contribution < -0.4 is 5.32 Å². The van der Waals surface area contributed by atoms with Crippen molar-refractivity contribution in [2.24, 2.45) is 5.92 Å². The van der Waals surface area contributed by atoms with Gasteiger partial charge in [0, 0.05) is 38.5 Å². The second kappa shape index (κ2) is 6.88. The molecule has 0 spiro atoms. The molecule has 2 aliphatic rings. The smallest absolute Gasteiger partial charge is 0.321 e. The summed E-state index contributed by atoms with van der Waals surface area (Å²) in [4.78, 5) is 4.52. The van der Waals surface area contributed by atoms with Crippen LogP contribution in [0.2, 0.25) is 0 Å². The first-order valence-electron chi connectivity index (χ1n) is 8.73.